The summed E-state index contributed by atoms with van der Waals surface area (Å²) in [7, 11) is 0. The van der Waals surface area contributed by atoms with Crippen molar-refractivity contribution in [2.75, 3.05) is 0 Å². The molecule has 0 radical (unpaired) electrons. The zero-order chi connectivity index (χ0) is 29.8. The van der Waals surface area contributed by atoms with Crippen molar-refractivity contribution in [1.82, 2.24) is 10.6 Å². The molecule has 0 fully saturated rings. The summed E-state index contributed by atoms with van der Waals surface area (Å²) < 4.78 is 5.92. The highest BCUT2D eigenvalue weighted by Crippen LogP contribution is 2.33. The van der Waals surface area contributed by atoms with E-state index in [0.717, 1.165) is 24.8 Å². The molecule has 2 N–H and O–H groups in total. The highest BCUT2D eigenvalue weighted by molar-refractivity contribution is 6.08. The number of amides is 2. The van der Waals surface area contributed by atoms with Gasteiger partial charge in [-0.1, -0.05) is 98.8 Å². The van der Waals surface area contributed by atoms with Crippen molar-refractivity contribution in [1.29, 1.82) is 0 Å². The minimum absolute atomic E-state index is 0.0124. The first-order valence-corrected chi connectivity index (χ1v) is 15.2. The molecule has 1 aliphatic carbocycles. The molecule has 2 unspecified atom stereocenters. The van der Waals surface area contributed by atoms with Gasteiger partial charge in [0.15, 0.2) is 0 Å². The van der Waals surface area contributed by atoms with E-state index in [4.69, 9.17) is 4.74 Å². The van der Waals surface area contributed by atoms with E-state index in [9.17, 15) is 9.59 Å². The molecule has 43 heavy (non-hydrogen) atoms. The van der Waals surface area contributed by atoms with Crippen LogP contribution in [-0.4, -0.2) is 23.9 Å². The molecule has 0 spiro atoms. The number of nitrogens with one attached hydrogen (secondary N) is 2. The fourth-order valence-corrected chi connectivity index (χ4v) is 6.19. The van der Waals surface area contributed by atoms with Gasteiger partial charge in [0, 0.05) is 11.6 Å². The first kappa shape index (κ1) is 28.5. The number of hydrogen-bond acceptors (Lipinski definition) is 3. The molecule has 0 heterocycles. The van der Waals surface area contributed by atoms with E-state index in [-0.39, 0.29) is 23.8 Å². The summed E-state index contributed by atoms with van der Waals surface area (Å²) in [5.74, 6) is 0.443. The molecule has 2 amide bonds. The largest absolute Gasteiger partial charge is 0.489 e. The van der Waals surface area contributed by atoms with Crippen molar-refractivity contribution in [3.8, 4) is 5.75 Å². The lowest BCUT2D eigenvalue weighted by Crippen LogP contribution is -2.51. The van der Waals surface area contributed by atoms with Gasteiger partial charge in [-0.2, -0.15) is 0 Å². The van der Waals surface area contributed by atoms with Gasteiger partial charge in [-0.25, -0.2) is 0 Å². The minimum atomic E-state index is -0.626. The average Bonchev–Trinajstić information content (AvgIpc) is 3.03. The molecule has 5 aromatic carbocycles. The predicted molar refractivity (Wildman–Crippen MR) is 173 cm³/mol. The van der Waals surface area contributed by atoms with Crippen LogP contribution in [-0.2, 0) is 24.2 Å². The number of ether oxygens (including phenoxy) is 1. The van der Waals surface area contributed by atoms with Crippen LogP contribution in [0.1, 0.15) is 53.7 Å². The van der Waals surface area contributed by atoms with Gasteiger partial charge in [-0.05, 0) is 88.0 Å². The first-order chi connectivity index (χ1) is 20.9. The number of fused-ring (bicyclic) bond motifs is 5. The van der Waals surface area contributed by atoms with Crippen LogP contribution in [0, 0.1) is 5.92 Å². The highest BCUT2D eigenvalue weighted by atomic mass is 16.5. The third-order valence-corrected chi connectivity index (χ3v) is 8.37. The molecule has 0 bridgehead atoms. The van der Waals surface area contributed by atoms with E-state index in [0.29, 0.717) is 24.3 Å². The van der Waals surface area contributed by atoms with Crippen molar-refractivity contribution in [2.45, 2.75) is 58.2 Å². The van der Waals surface area contributed by atoms with Crippen LogP contribution in [0.4, 0.5) is 0 Å². The van der Waals surface area contributed by atoms with Gasteiger partial charge in [0.05, 0.1) is 0 Å². The van der Waals surface area contributed by atoms with E-state index in [1.165, 1.54) is 32.7 Å². The van der Waals surface area contributed by atoms with Crippen LogP contribution in [0.2, 0.25) is 0 Å². The second-order valence-corrected chi connectivity index (χ2v) is 12.0. The number of benzene rings is 5. The summed E-state index contributed by atoms with van der Waals surface area (Å²) in [6.07, 6.45) is 3.13. The Morgan fingerprint density at radius 2 is 1.63 bits per heavy atom. The summed E-state index contributed by atoms with van der Waals surface area (Å²) in [6.45, 7) is 4.55. The van der Waals surface area contributed by atoms with Gasteiger partial charge >= 0.3 is 0 Å². The number of hydrogen-bond donors (Lipinski definition) is 2. The van der Waals surface area contributed by atoms with Gasteiger partial charge in [-0.15, -0.1) is 0 Å². The van der Waals surface area contributed by atoms with E-state index >= 15 is 0 Å². The lowest BCUT2D eigenvalue weighted by Gasteiger charge is -2.29. The molecular formula is C38H38N2O3. The SMILES string of the molecule is CC(C)CC(NC(=O)c1cccc(OCc2ccccc2)c1)C(=O)NC1CCc2ccc3c(ccc4ccccc43)c2C1. The Morgan fingerprint density at radius 3 is 2.47 bits per heavy atom. The van der Waals surface area contributed by atoms with Crippen molar-refractivity contribution in [3.05, 3.63) is 125 Å². The zero-order valence-electron chi connectivity index (χ0n) is 24.8. The topological polar surface area (TPSA) is 67.4 Å². The van der Waals surface area contributed by atoms with Crippen LogP contribution < -0.4 is 15.4 Å². The molecule has 218 valence electrons. The van der Waals surface area contributed by atoms with Gasteiger partial charge in [0.25, 0.3) is 5.91 Å². The van der Waals surface area contributed by atoms with Crippen LogP contribution in [0.15, 0.2) is 103 Å². The first-order valence-electron chi connectivity index (χ1n) is 15.2. The van der Waals surface area contributed by atoms with Crippen LogP contribution in [0.5, 0.6) is 5.75 Å². The lowest BCUT2D eigenvalue weighted by molar-refractivity contribution is -0.124. The standard InChI is InChI=1S/C38H38N2O3/c1-25(2)21-36(40-37(41)29-12-8-13-31(22-29)43-24-26-9-4-3-5-10-26)38(42)39-30-18-15-28-17-19-33-32-14-7-6-11-27(32)16-20-34(33)35(28)23-30/h3-14,16-17,19-20,22,25,30,36H,15,18,21,23-24H2,1-2H3,(H,39,42)(H,40,41). The van der Waals surface area contributed by atoms with Crippen LogP contribution in [0.3, 0.4) is 0 Å². The Morgan fingerprint density at radius 1 is 0.837 bits per heavy atom. The molecule has 2 atom stereocenters. The van der Waals surface area contributed by atoms with Crippen molar-refractivity contribution in [2.24, 2.45) is 5.92 Å². The zero-order valence-corrected chi connectivity index (χ0v) is 24.8. The number of carbonyl (C=O) groups excluding carboxylic acids is 2. The second-order valence-electron chi connectivity index (χ2n) is 12.0. The van der Waals surface area contributed by atoms with Gasteiger partial charge < -0.3 is 15.4 Å². The fraction of sp³-hybridized carbons (Fsp3) is 0.263. The maximum atomic E-state index is 13.6. The molecule has 0 saturated carbocycles. The highest BCUT2D eigenvalue weighted by Gasteiger charge is 2.27. The predicted octanol–water partition coefficient (Wildman–Crippen LogP) is 7.39. The monoisotopic (exact) mass is 570 g/mol. The van der Waals surface area contributed by atoms with E-state index < -0.39 is 6.04 Å². The molecule has 1 aliphatic rings. The number of aryl methyl sites for hydroxylation is 1. The summed E-state index contributed by atoms with van der Waals surface area (Å²) >= 11 is 0. The summed E-state index contributed by atoms with van der Waals surface area (Å²) in [6, 6.07) is 33.8. The molecule has 0 aliphatic heterocycles. The Balaban J connectivity index is 1.14. The second kappa shape index (κ2) is 12.7. The average molecular weight is 571 g/mol. The summed E-state index contributed by atoms with van der Waals surface area (Å²) in [4.78, 5) is 27.0. The smallest absolute Gasteiger partial charge is 0.252 e. The van der Waals surface area contributed by atoms with Crippen molar-refractivity contribution < 1.29 is 14.3 Å². The van der Waals surface area contributed by atoms with Gasteiger partial charge in [0.2, 0.25) is 5.91 Å². The maximum Gasteiger partial charge on any atom is 0.252 e. The molecule has 5 heteroatoms. The van der Waals surface area contributed by atoms with Gasteiger partial charge in [0.1, 0.15) is 18.4 Å². The molecular weight excluding hydrogens is 532 g/mol. The molecule has 5 nitrogen and oxygen atoms in total. The third-order valence-electron chi connectivity index (χ3n) is 8.37. The molecule has 5 aromatic rings. The molecule has 0 aromatic heterocycles. The van der Waals surface area contributed by atoms with Crippen molar-refractivity contribution >= 4 is 33.4 Å². The van der Waals surface area contributed by atoms with E-state index in [1.807, 2.05) is 36.4 Å². The Bertz CT molecular complexity index is 1760. The molecule has 6 rings (SSSR count). The van der Waals surface area contributed by atoms with Crippen LogP contribution >= 0.6 is 0 Å². The van der Waals surface area contributed by atoms with Gasteiger partial charge in [-0.3, -0.25) is 9.59 Å². The van der Waals surface area contributed by atoms with Crippen molar-refractivity contribution in [3.63, 3.8) is 0 Å². The third kappa shape index (κ3) is 6.56. The van der Waals surface area contributed by atoms with E-state index in [2.05, 4.69) is 73.0 Å². The quantitative estimate of drug-likeness (QED) is 0.182. The van der Waals surface area contributed by atoms with E-state index in [1.54, 1.807) is 18.2 Å². The Hall–Kier alpha value is -4.64. The van der Waals surface area contributed by atoms with Crippen LogP contribution in [0.25, 0.3) is 21.5 Å². The summed E-state index contributed by atoms with van der Waals surface area (Å²) in [5, 5.41) is 11.3. The number of rotatable bonds is 9. The summed E-state index contributed by atoms with van der Waals surface area (Å²) in [5.41, 5.74) is 4.20. The minimum Gasteiger partial charge on any atom is -0.489 e. The lowest BCUT2D eigenvalue weighted by atomic mass is 9.84. The number of carbonyl (C=O) groups is 2. The molecule has 0 saturated heterocycles. The normalized spacial score (nSPS) is 15.2. The maximum absolute atomic E-state index is 13.6. The Labute approximate surface area is 253 Å². The fourth-order valence-electron chi connectivity index (χ4n) is 6.19. The Kier molecular flexibility index (Phi) is 8.41.